The van der Waals surface area contributed by atoms with Gasteiger partial charge in [0.2, 0.25) is 0 Å². The van der Waals surface area contributed by atoms with Crippen molar-refractivity contribution >= 4 is 24.0 Å². The lowest BCUT2D eigenvalue weighted by atomic mass is 9.94. The summed E-state index contributed by atoms with van der Waals surface area (Å²) in [6.07, 6.45) is -0.892. The van der Waals surface area contributed by atoms with Crippen molar-refractivity contribution in [3.63, 3.8) is 0 Å². The van der Waals surface area contributed by atoms with Crippen molar-refractivity contribution in [2.24, 2.45) is 0 Å². The van der Waals surface area contributed by atoms with Crippen molar-refractivity contribution in [1.82, 2.24) is 0 Å². The normalized spacial score (nSPS) is 13.2. The molecular weight excluding hydrogens is 368 g/mol. The largest absolute Gasteiger partial charge is 0.399 e. The van der Waals surface area contributed by atoms with Gasteiger partial charge in [0.25, 0.3) is 0 Å². The lowest BCUT2D eigenvalue weighted by Gasteiger charge is -2.18. The van der Waals surface area contributed by atoms with E-state index in [4.69, 9.17) is 11.6 Å². The maximum absolute atomic E-state index is 13.6. The predicted molar refractivity (Wildman–Crippen MR) is 95.2 cm³/mol. The number of alkyl halides is 3. The van der Waals surface area contributed by atoms with E-state index >= 15 is 0 Å². The molecule has 0 radical (unpaired) electrons. The van der Waals surface area contributed by atoms with Crippen LogP contribution in [-0.2, 0) is 6.42 Å². The van der Waals surface area contributed by atoms with Crippen molar-refractivity contribution in [2.45, 2.75) is 32.4 Å². The topological polar surface area (TPSA) is 17.1 Å². The van der Waals surface area contributed by atoms with Crippen molar-refractivity contribution in [3.8, 4) is 0 Å². The van der Waals surface area contributed by atoms with Gasteiger partial charge in [0.05, 0.1) is 10.9 Å². The van der Waals surface area contributed by atoms with Gasteiger partial charge >= 0.3 is 6.18 Å². The molecule has 0 saturated heterocycles. The Labute approximate surface area is 154 Å². The summed E-state index contributed by atoms with van der Waals surface area (Å²) in [5.41, 5.74) is 1.74. The molecule has 0 aliphatic rings. The molecule has 0 fully saturated rings. The summed E-state index contributed by atoms with van der Waals surface area (Å²) < 4.78 is 54.1. The molecule has 138 valence electrons. The van der Waals surface area contributed by atoms with Gasteiger partial charge in [-0.05, 0) is 41.7 Å². The summed E-state index contributed by atoms with van der Waals surface area (Å²) in [5.74, 6) is -2.65. The highest BCUT2D eigenvalue weighted by Crippen LogP contribution is 2.38. The fraction of sp³-hybridized carbons (Fsp3) is 0.250. The van der Waals surface area contributed by atoms with Gasteiger partial charge in [0.15, 0.2) is 0 Å². The maximum atomic E-state index is 13.6. The monoisotopic (exact) mass is 384 g/mol. The van der Waals surface area contributed by atoms with Crippen LogP contribution in [0.5, 0.6) is 0 Å². The molecule has 0 spiro atoms. The summed E-state index contributed by atoms with van der Waals surface area (Å²) in [7, 11) is 0. The van der Waals surface area contributed by atoms with E-state index < -0.39 is 17.9 Å². The zero-order valence-electron chi connectivity index (χ0n) is 14.2. The molecule has 1 atom stereocenters. The summed E-state index contributed by atoms with van der Waals surface area (Å²) in [6, 6.07) is 6.98. The molecule has 26 heavy (non-hydrogen) atoms. The molecule has 0 amide bonds. The van der Waals surface area contributed by atoms with Gasteiger partial charge in [-0.15, -0.1) is 0 Å². The van der Waals surface area contributed by atoms with Gasteiger partial charge in [0.1, 0.15) is 12.1 Å². The number of carbonyl (C=O) groups is 1. The average Bonchev–Trinajstić information content (AvgIpc) is 2.58. The molecule has 2 aromatic carbocycles. The molecule has 0 bridgehead atoms. The molecule has 0 N–H and O–H groups in total. The number of benzene rings is 2. The average molecular weight is 385 g/mol. The third kappa shape index (κ3) is 4.52. The molecule has 0 saturated carbocycles. The minimum absolute atomic E-state index is 0.0544. The van der Waals surface area contributed by atoms with Gasteiger partial charge in [-0.2, -0.15) is 13.2 Å². The second kappa shape index (κ2) is 8.04. The standard InChI is InChI=1S/C20H17ClF4O/c1-3-14-9-13(4-6-15(14)11-26)5-7-17(20(23,24)25)16-8-12(2)19(22)18(21)10-16/h4-11,17H,3H2,1-2H3/b7-5+. The Morgan fingerprint density at radius 2 is 1.88 bits per heavy atom. The number of hydrogen-bond acceptors (Lipinski definition) is 1. The maximum Gasteiger partial charge on any atom is 0.399 e. The third-order valence-corrected chi connectivity index (χ3v) is 4.38. The van der Waals surface area contributed by atoms with Crippen LogP contribution in [0.3, 0.4) is 0 Å². The molecule has 1 unspecified atom stereocenters. The number of hydrogen-bond donors (Lipinski definition) is 0. The van der Waals surface area contributed by atoms with Crippen LogP contribution in [0.15, 0.2) is 36.4 Å². The first-order chi connectivity index (χ1) is 12.2. The smallest absolute Gasteiger partial charge is 0.298 e. The number of carbonyl (C=O) groups excluding carboxylic acids is 1. The third-order valence-electron chi connectivity index (χ3n) is 4.10. The fourth-order valence-electron chi connectivity index (χ4n) is 2.70. The summed E-state index contributed by atoms with van der Waals surface area (Å²) in [5, 5.41) is -0.341. The van der Waals surface area contributed by atoms with Gasteiger partial charge < -0.3 is 0 Å². The van der Waals surface area contributed by atoms with Gasteiger partial charge in [-0.1, -0.05) is 54.9 Å². The van der Waals surface area contributed by atoms with Crippen LogP contribution in [0.4, 0.5) is 17.6 Å². The van der Waals surface area contributed by atoms with Gasteiger partial charge in [0, 0.05) is 5.56 Å². The van der Waals surface area contributed by atoms with E-state index in [1.807, 2.05) is 6.92 Å². The zero-order chi connectivity index (χ0) is 19.5. The SMILES string of the molecule is CCc1cc(/C=C/C(c2cc(C)c(F)c(Cl)c2)C(F)(F)F)ccc1C=O. The molecule has 6 heteroatoms. The molecule has 2 rings (SSSR count). The molecule has 2 aromatic rings. The van der Waals surface area contributed by atoms with E-state index in [0.29, 0.717) is 23.8 Å². The first-order valence-corrected chi connectivity index (χ1v) is 8.33. The Balaban J connectivity index is 2.44. The van der Waals surface area contributed by atoms with E-state index in [1.165, 1.54) is 13.0 Å². The van der Waals surface area contributed by atoms with E-state index in [2.05, 4.69) is 0 Å². The quantitative estimate of drug-likeness (QED) is 0.423. The molecule has 1 nitrogen and oxygen atoms in total. The van der Waals surface area contributed by atoms with Crippen LogP contribution >= 0.6 is 11.6 Å². The minimum Gasteiger partial charge on any atom is -0.298 e. The van der Waals surface area contributed by atoms with E-state index in [0.717, 1.165) is 23.8 Å². The summed E-state index contributed by atoms with van der Waals surface area (Å²) >= 11 is 5.70. The molecular formula is C20H17ClF4O. The van der Waals surface area contributed by atoms with Crippen molar-refractivity contribution in [3.05, 3.63) is 75.1 Å². The Kier molecular flexibility index (Phi) is 6.24. The first-order valence-electron chi connectivity index (χ1n) is 7.96. The van der Waals surface area contributed by atoms with Crippen LogP contribution < -0.4 is 0 Å². The molecule has 0 aliphatic carbocycles. The van der Waals surface area contributed by atoms with Crippen molar-refractivity contribution in [1.29, 1.82) is 0 Å². The van der Waals surface area contributed by atoms with E-state index in [-0.39, 0.29) is 16.1 Å². The van der Waals surface area contributed by atoms with Crippen LogP contribution in [-0.4, -0.2) is 12.5 Å². The van der Waals surface area contributed by atoms with Gasteiger partial charge in [-0.3, -0.25) is 4.79 Å². The molecule has 0 heterocycles. The lowest BCUT2D eigenvalue weighted by Crippen LogP contribution is -2.19. The van der Waals surface area contributed by atoms with Crippen LogP contribution in [0.2, 0.25) is 5.02 Å². The highest BCUT2D eigenvalue weighted by atomic mass is 35.5. The van der Waals surface area contributed by atoms with Crippen LogP contribution in [0.1, 0.15) is 45.5 Å². The number of halogens is 5. The zero-order valence-corrected chi connectivity index (χ0v) is 15.0. The fourth-order valence-corrected chi connectivity index (χ4v) is 2.97. The molecule has 0 aliphatic heterocycles. The van der Waals surface area contributed by atoms with Crippen LogP contribution in [0.25, 0.3) is 6.08 Å². The second-order valence-electron chi connectivity index (χ2n) is 5.94. The number of aldehydes is 1. The van der Waals surface area contributed by atoms with Crippen LogP contribution in [0, 0.1) is 12.7 Å². The summed E-state index contributed by atoms with van der Waals surface area (Å²) in [6.45, 7) is 3.23. The van der Waals surface area contributed by atoms with Gasteiger partial charge in [-0.25, -0.2) is 4.39 Å². The second-order valence-corrected chi connectivity index (χ2v) is 6.35. The predicted octanol–water partition coefficient (Wildman–Crippen LogP) is 6.52. The highest BCUT2D eigenvalue weighted by Gasteiger charge is 2.39. The van der Waals surface area contributed by atoms with E-state index in [9.17, 15) is 22.4 Å². The Morgan fingerprint density at radius 3 is 2.42 bits per heavy atom. The first kappa shape index (κ1) is 20.2. The van der Waals surface area contributed by atoms with Crippen molar-refractivity contribution < 1.29 is 22.4 Å². The van der Waals surface area contributed by atoms with E-state index in [1.54, 1.807) is 18.2 Å². The lowest BCUT2D eigenvalue weighted by molar-refractivity contribution is -0.139. The minimum atomic E-state index is -4.56. The Bertz CT molecular complexity index is 817. The van der Waals surface area contributed by atoms with Crippen molar-refractivity contribution in [2.75, 3.05) is 0 Å². The highest BCUT2D eigenvalue weighted by molar-refractivity contribution is 6.30. The Hall–Kier alpha value is -2.14. The Morgan fingerprint density at radius 1 is 1.19 bits per heavy atom. The number of allylic oxidation sites excluding steroid dienone is 1. The summed E-state index contributed by atoms with van der Waals surface area (Å²) in [4.78, 5) is 11.0. The number of aryl methyl sites for hydroxylation is 2. The molecule has 0 aromatic heterocycles. The number of rotatable bonds is 5.